The average molecular weight is 285 g/mol. The predicted molar refractivity (Wildman–Crippen MR) is 77.9 cm³/mol. The molecule has 0 bridgehead atoms. The lowest BCUT2D eigenvalue weighted by molar-refractivity contribution is -0.122. The van der Waals surface area contributed by atoms with Crippen molar-refractivity contribution in [3.63, 3.8) is 0 Å². The molecular weight excluding hydrogens is 270 g/mol. The second-order valence-corrected chi connectivity index (χ2v) is 4.90. The zero-order valence-corrected chi connectivity index (χ0v) is 11.3. The van der Waals surface area contributed by atoms with Crippen LogP contribution in [0.2, 0.25) is 0 Å². The number of nitrogens with one attached hydrogen (secondary N) is 1. The first-order valence-electron chi connectivity index (χ1n) is 6.60. The largest absolute Gasteiger partial charge is 0.491 e. The van der Waals surface area contributed by atoms with E-state index in [0.717, 1.165) is 11.3 Å². The fourth-order valence-electron chi connectivity index (χ4n) is 2.35. The number of amides is 1. The van der Waals surface area contributed by atoms with Gasteiger partial charge < -0.3 is 20.4 Å². The van der Waals surface area contributed by atoms with Crippen LogP contribution in [0, 0.1) is 0 Å². The second kappa shape index (κ2) is 5.32. The Bertz CT molecular complexity index is 739. The lowest BCUT2D eigenvalue weighted by Gasteiger charge is -2.12. The third-order valence-electron chi connectivity index (χ3n) is 3.36. The van der Waals surface area contributed by atoms with Gasteiger partial charge in [-0.3, -0.25) is 9.59 Å². The number of pyridine rings is 1. The topological polar surface area (TPSA) is 86.4 Å². The molecule has 0 spiro atoms. The van der Waals surface area contributed by atoms with Crippen molar-refractivity contribution in [2.24, 2.45) is 0 Å². The summed E-state index contributed by atoms with van der Waals surface area (Å²) in [7, 11) is 0. The van der Waals surface area contributed by atoms with Gasteiger partial charge >= 0.3 is 0 Å². The maximum Gasteiger partial charge on any atom is 0.251 e. The summed E-state index contributed by atoms with van der Waals surface area (Å²) in [5.41, 5.74) is 6.75. The number of carbonyl (C=O) groups is 1. The molecule has 108 valence electrons. The van der Waals surface area contributed by atoms with Crippen molar-refractivity contribution >= 4 is 11.6 Å². The number of para-hydroxylation sites is 1. The van der Waals surface area contributed by atoms with Crippen LogP contribution in [-0.2, 0) is 11.3 Å². The molecular formula is C15H15N3O3. The van der Waals surface area contributed by atoms with Crippen LogP contribution in [0.4, 0.5) is 5.69 Å². The van der Waals surface area contributed by atoms with E-state index >= 15 is 0 Å². The molecule has 0 aliphatic carbocycles. The molecule has 0 saturated carbocycles. The quantitative estimate of drug-likeness (QED) is 0.868. The van der Waals surface area contributed by atoms with Gasteiger partial charge in [0.05, 0.1) is 6.04 Å². The molecule has 3 rings (SSSR count). The molecule has 1 aliphatic rings. The number of rotatable bonds is 3. The Morgan fingerprint density at radius 2 is 2.14 bits per heavy atom. The number of hydrogen-bond acceptors (Lipinski definition) is 4. The van der Waals surface area contributed by atoms with Crippen LogP contribution in [0.3, 0.4) is 0 Å². The fraction of sp³-hybridized carbons (Fsp3) is 0.200. The summed E-state index contributed by atoms with van der Waals surface area (Å²) in [5.74, 6) is 0.525. The third kappa shape index (κ3) is 2.74. The van der Waals surface area contributed by atoms with Crippen molar-refractivity contribution in [1.29, 1.82) is 0 Å². The van der Waals surface area contributed by atoms with E-state index in [-0.39, 0.29) is 24.1 Å². The number of fused-ring (bicyclic) bond motifs is 1. The highest BCUT2D eigenvalue weighted by molar-refractivity contribution is 5.76. The van der Waals surface area contributed by atoms with Gasteiger partial charge in [-0.25, -0.2) is 0 Å². The first-order valence-corrected chi connectivity index (χ1v) is 6.60. The Morgan fingerprint density at radius 3 is 3.00 bits per heavy atom. The van der Waals surface area contributed by atoms with Gasteiger partial charge in [0.1, 0.15) is 18.9 Å². The molecule has 1 atom stereocenters. The zero-order valence-electron chi connectivity index (χ0n) is 11.3. The molecule has 1 aromatic heterocycles. The number of nitrogen functional groups attached to an aromatic ring is 1. The average Bonchev–Trinajstić information content (AvgIpc) is 2.86. The first kappa shape index (κ1) is 13.2. The fourth-order valence-corrected chi connectivity index (χ4v) is 2.35. The zero-order chi connectivity index (χ0) is 14.8. The van der Waals surface area contributed by atoms with Crippen LogP contribution in [0.15, 0.2) is 47.4 Å². The summed E-state index contributed by atoms with van der Waals surface area (Å²) in [6.45, 7) is 0.333. The van der Waals surface area contributed by atoms with Crippen LogP contribution >= 0.6 is 0 Å². The Labute approximate surface area is 121 Å². The van der Waals surface area contributed by atoms with Gasteiger partial charge in [-0.15, -0.1) is 0 Å². The van der Waals surface area contributed by atoms with Gasteiger partial charge in [-0.05, 0) is 12.1 Å². The highest BCUT2D eigenvalue weighted by Gasteiger charge is 2.25. The Kier molecular flexibility index (Phi) is 3.35. The first-order chi connectivity index (χ1) is 10.1. The molecule has 2 heterocycles. The van der Waals surface area contributed by atoms with Crippen molar-refractivity contribution in [3.05, 3.63) is 58.5 Å². The molecule has 2 aromatic rings. The van der Waals surface area contributed by atoms with Crippen molar-refractivity contribution in [1.82, 2.24) is 9.88 Å². The Balaban J connectivity index is 1.71. The van der Waals surface area contributed by atoms with E-state index in [2.05, 4.69) is 5.32 Å². The van der Waals surface area contributed by atoms with Gasteiger partial charge in [-0.2, -0.15) is 0 Å². The van der Waals surface area contributed by atoms with E-state index in [1.165, 1.54) is 22.9 Å². The molecule has 0 saturated heterocycles. The molecule has 21 heavy (non-hydrogen) atoms. The van der Waals surface area contributed by atoms with Crippen molar-refractivity contribution < 1.29 is 9.53 Å². The van der Waals surface area contributed by atoms with Crippen LogP contribution in [0.5, 0.6) is 5.75 Å². The van der Waals surface area contributed by atoms with Gasteiger partial charge in [-0.1, -0.05) is 18.2 Å². The molecule has 3 N–H and O–H groups in total. The Morgan fingerprint density at radius 1 is 1.33 bits per heavy atom. The summed E-state index contributed by atoms with van der Waals surface area (Å²) in [4.78, 5) is 23.7. The van der Waals surface area contributed by atoms with Crippen LogP contribution in [0.25, 0.3) is 0 Å². The van der Waals surface area contributed by atoms with Gasteiger partial charge in [0.25, 0.3) is 5.56 Å². The molecule has 0 fully saturated rings. The monoisotopic (exact) mass is 285 g/mol. The summed E-state index contributed by atoms with van der Waals surface area (Å²) in [5, 5.41) is 2.87. The lowest BCUT2D eigenvalue weighted by atomic mass is 10.1. The van der Waals surface area contributed by atoms with E-state index in [1.807, 2.05) is 24.3 Å². The SMILES string of the molecule is Nc1ccc(=O)n(CC(=O)NC2COc3ccccc32)c1. The van der Waals surface area contributed by atoms with Crippen molar-refractivity contribution in [2.45, 2.75) is 12.6 Å². The molecule has 1 amide bonds. The normalized spacial score (nSPS) is 16.1. The van der Waals surface area contributed by atoms with E-state index in [4.69, 9.17) is 10.5 Å². The van der Waals surface area contributed by atoms with E-state index in [1.54, 1.807) is 0 Å². The molecule has 1 aliphatic heterocycles. The number of ether oxygens (including phenoxy) is 1. The molecule has 0 radical (unpaired) electrons. The minimum Gasteiger partial charge on any atom is -0.491 e. The molecule has 1 unspecified atom stereocenters. The standard InChI is InChI=1S/C15H15N3O3/c16-10-5-6-15(20)18(7-10)8-14(19)17-12-9-21-13-4-2-1-3-11(12)13/h1-7,12H,8-9,16H2,(H,17,19). The number of carbonyl (C=O) groups excluding carboxylic acids is 1. The van der Waals surface area contributed by atoms with E-state index in [9.17, 15) is 9.59 Å². The summed E-state index contributed by atoms with van der Waals surface area (Å²) < 4.78 is 6.79. The minimum absolute atomic E-state index is 0.0669. The number of nitrogens with zero attached hydrogens (tertiary/aromatic N) is 1. The highest BCUT2D eigenvalue weighted by Crippen LogP contribution is 2.31. The number of benzene rings is 1. The summed E-state index contributed by atoms with van der Waals surface area (Å²) in [6, 6.07) is 10.2. The minimum atomic E-state index is -0.262. The van der Waals surface area contributed by atoms with Crippen LogP contribution in [-0.4, -0.2) is 17.1 Å². The van der Waals surface area contributed by atoms with E-state index in [0.29, 0.717) is 12.3 Å². The molecule has 6 heteroatoms. The van der Waals surface area contributed by atoms with Crippen molar-refractivity contribution in [2.75, 3.05) is 12.3 Å². The third-order valence-corrected chi connectivity index (χ3v) is 3.36. The number of hydrogen-bond donors (Lipinski definition) is 2. The summed E-state index contributed by atoms with van der Waals surface area (Å²) >= 11 is 0. The Hall–Kier alpha value is -2.76. The van der Waals surface area contributed by atoms with E-state index < -0.39 is 0 Å². The number of anilines is 1. The molecule has 1 aromatic carbocycles. The van der Waals surface area contributed by atoms with Crippen LogP contribution in [0.1, 0.15) is 11.6 Å². The maximum atomic E-state index is 12.1. The molecule has 6 nitrogen and oxygen atoms in total. The van der Waals surface area contributed by atoms with Crippen LogP contribution < -0.4 is 21.3 Å². The highest BCUT2D eigenvalue weighted by atomic mass is 16.5. The lowest BCUT2D eigenvalue weighted by Crippen LogP contribution is -2.35. The second-order valence-electron chi connectivity index (χ2n) is 4.90. The smallest absolute Gasteiger partial charge is 0.251 e. The van der Waals surface area contributed by atoms with Gasteiger partial charge in [0, 0.05) is 23.5 Å². The van der Waals surface area contributed by atoms with Gasteiger partial charge in [0.2, 0.25) is 5.91 Å². The van der Waals surface area contributed by atoms with Crippen molar-refractivity contribution in [3.8, 4) is 5.75 Å². The number of aromatic nitrogens is 1. The number of nitrogens with two attached hydrogens (primary N) is 1. The van der Waals surface area contributed by atoms with Gasteiger partial charge in [0.15, 0.2) is 0 Å². The maximum absolute atomic E-state index is 12.1. The summed E-state index contributed by atoms with van der Waals surface area (Å²) in [6.07, 6.45) is 1.46. The predicted octanol–water partition coefficient (Wildman–Crippen LogP) is 0.680.